The Balaban J connectivity index is 1.53. The van der Waals surface area contributed by atoms with Crippen molar-refractivity contribution in [1.29, 1.82) is 0 Å². The van der Waals surface area contributed by atoms with Crippen LogP contribution >= 0.6 is 27.3 Å². The van der Waals surface area contributed by atoms with Crippen molar-refractivity contribution in [2.75, 3.05) is 13.1 Å². The first-order valence-corrected chi connectivity index (χ1v) is 8.46. The van der Waals surface area contributed by atoms with Gasteiger partial charge < -0.3 is 9.64 Å². The van der Waals surface area contributed by atoms with E-state index in [2.05, 4.69) is 20.9 Å². The zero-order chi connectivity index (χ0) is 14.7. The number of thiazole rings is 1. The van der Waals surface area contributed by atoms with Gasteiger partial charge in [0.2, 0.25) is 5.91 Å². The summed E-state index contributed by atoms with van der Waals surface area (Å²) in [5.74, 6) is 0.155. The molecule has 1 aromatic carbocycles. The van der Waals surface area contributed by atoms with E-state index in [1.807, 2.05) is 34.5 Å². The van der Waals surface area contributed by atoms with Gasteiger partial charge in [-0.2, -0.15) is 0 Å². The van der Waals surface area contributed by atoms with Crippen LogP contribution in [-0.2, 0) is 11.2 Å². The molecule has 6 heteroatoms. The number of amides is 1. The lowest BCUT2D eigenvalue weighted by Gasteiger charge is -2.16. The number of nitrogens with zero attached hydrogens (tertiary/aromatic N) is 2. The third-order valence-corrected chi connectivity index (χ3v) is 4.63. The van der Waals surface area contributed by atoms with E-state index in [1.54, 1.807) is 6.20 Å². The molecule has 0 N–H and O–H groups in total. The number of ether oxygens (including phenoxy) is 1. The molecule has 110 valence electrons. The molecule has 1 saturated heterocycles. The van der Waals surface area contributed by atoms with Gasteiger partial charge in [-0.3, -0.25) is 4.79 Å². The lowest BCUT2D eigenvalue weighted by Crippen LogP contribution is -2.32. The highest BCUT2D eigenvalue weighted by Crippen LogP contribution is 2.21. The zero-order valence-electron chi connectivity index (χ0n) is 11.4. The summed E-state index contributed by atoms with van der Waals surface area (Å²) in [5, 5.41) is 2.57. The first-order valence-electron chi connectivity index (χ1n) is 6.79. The summed E-state index contributed by atoms with van der Waals surface area (Å²) in [6.45, 7) is 1.40. The van der Waals surface area contributed by atoms with Gasteiger partial charge in [-0.1, -0.05) is 39.4 Å². The Hall–Kier alpha value is -1.40. The first-order chi connectivity index (χ1) is 10.2. The Kier molecular flexibility index (Phi) is 4.55. The van der Waals surface area contributed by atoms with E-state index >= 15 is 0 Å². The average molecular weight is 367 g/mol. The molecule has 0 saturated carbocycles. The lowest BCUT2D eigenvalue weighted by molar-refractivity contribution is -0.129. The Labute approximate surface area is 135 Å². The van der Waals surface area contributed by atoms with Crippen molar-refractivity contribution in [2.24, 2.45) is 0 Å². The zero-order valence-corrected chi connectivity index (χ0v) is 13.8. The summed E-state index contributed by atoms with van der Waals surface area (Å²) in [6.07, 6.45) is 3.10. The molecule has 1 aromatic heterocycles. The number of hydrogen-bond acceptors (Lipinski definition) is 4. The SMILES string of the molecule is O=C(Cc1ccc(Br)cc1)N1CCC(Oc2nccs2)C1. The summed E-state index contributed by atoms with van der Waals surface area (Å²) >= 11 is 4.88. The van der Waals surface area contributed by atoms with Crippen molar-refractivity contribution in [1.82, 2.24) is 9.88 Å². The van der Waals surface area contributed by atoms with Gasteiger partial charge in [0.05, 0.1) is 13.0 Å². The van der Waals surface area contributed by atoms with Gasteiger partial charge in [0, 0.05) is 29.0 Å². The van der Waals surface area contributed by atoms with Gasteiger partial charge in [-0.05, 0) is 17.7 Å². The number of aromatic nitrogens is 1. The number of carbonyl (C=O) groups is 1. The highest BCUT2D eigenvalue weighted by molar-refractivity contribution is 9.10. The predicted molar refractivity (Wildman–Crippen MR) is 85.6 cm³/mol. The fourth-order valence-corrected chi connectivity index (χ4v) is 3.17. The van der Waals surface area contributed by atoms with Crippen molar-refractivity contribution in [2.45, 2.75) is 18.9 Å². The largest absolute Gasteiger partial charge is 0.465 e. The quantitative estimate of drug-likeness (QED) is 0.834. The van der Waals surface area contributed by atoms with Gasteiger partial charge in [0.25, 0.3) is 5.19 Å². The van der Waals surface area contributed by atoms with E-state index < -0.39 is 0 Å². The maximum atomic E-state index is 12.3. The van der Waals surface area contributed by atoms with Crippen LogP contribution in [0, 0.1) is 0 Å². The molecule has 2 heterocycles. The molecule has 1 unspecified atom stereocenters. The van der Waals surface area contributed by atoms with Crippen molar-refractivity contribution in [3.05, 3.63) is 45.9 Å². The van der Waals surface area contributed by atoms with Gasteiger partial charge in [0.15, 0.2) is 0 Å². The smallest absolute Gasteiger partial charge is 0.273 e. The highest BCUT2D eigenvalue weighted by Gasteiger charge is 2.27. The molecular weight excluding hydrogens is 352 g/mol. The van der Waals surface area contributed by atoms with E-state index in [9.17, 15) is 4.79 Å². The van der Waals surface area contributed by atoms with Crippen molar-refractivity contribution < 1.29 is 9.53 Å². The monoisotopic (exact) mass is 366 g/mol. The van der Waals surface area contributed by atoms with Crippen LogP contribution in [0.25, 0.3) is 0 Å². The van der Waals surface area contributed by atoms with Crippen LogP contribution in [0.15, 0.2) is 40.3 Å². The topological polar surface area (TPSA) is 42.4 Å². The summed E-state index contributed by atoms with van der Waals surface area (Å²) < 4.78 is 6.79. The normalized spacial score (nSPS) is 18.0. The van der Waals surface area contributed by atoms with Crippen LogP contribution in [0.4, 0.5) is 0 Å². The molecule has 1 amide bonds. The van der Waals surface area contributed by atoms with Gasteiger partial charge in [0.1, 0.15) is 6.10 Å². The molecule has 0 spiro atoms. The molecule has 2 aromatic rings. The van der Waals surface area contributed by atoms with Crippen LogP contribution in [0.2, 0.25) is 0 Å². The molecule has 21 heavy (non-hydrogen) atoms. The van der Waals surface area contributed by atoms with Crippen molar-refractivity contribution >= 4 is 33.2 Å². The standard InChI is InChI=1S/C15H15BrN2O2S/c16-12-3-1-11(2-4-12)9-14(19)18-7-5-13(10-18)20-15-17-6-8-21-15/h1-4,6,8,13H,5,7,9-10H2. The van der Waals surface area contributed by atoms with Crippen LogP contribution in [0.3, 0.4) is 0 Å². The predicted octanol–water partition coefficient (Wildman–Crippen LogP) is 3.13. The molecule has 4 nitrogen and oxygen atoms in total. The van der Waals surface area contributed by atoms with Gasteiger partial charge in [-0.25, -0.2) is 4.98 Å². The average Bonchev–Trinajstić information content (AvgIpc) is 3.13. The van der Waals surface area contributed by atoms with Crippen LogP contribution < -0.4 is 4.74 Å². The minimum absolute atomic E-state index is 0.0602. The van der Waals surface area contributed by atoms with E-state index in [0.29, 0.717) is 18.2 Å². The number of hydrogen-bond donors (Lipinski definition) is 0. The fraction of sp³-hybridized carbons (Fsp3) is 0.333. The van der Waals surface area contributed by atoms with E-state index in [4.69, 9.17) is 4.74 Å². The second-order valence-electron chi connectivity index (χ2n) is 4.97. The first kappa shape index (κ1) is 14.5. The summed E-state index contributed by atoms with van der Waals surface area (Å²) in [4.78, 5) is 18.3. The summed E-state index contributed by atoms with van der Waals surface area (Å²) in [5.41, 5.74) is 1.03. The Morgan fingerprint density at radius 2 is 2.24 bits per heavy atom. The fourth-order valence-electron chi connectivity index (χ4n) is 2.35. The van der Waals surface area contributed by atoms with E-state index in [0.717, 1.165) is 23.0 Å². The molecular formula is C15H15BrN2O2S. The molecule has 1 aliphatic rings. The molecule has 0 radical (unpaired) electrons. The second-order valence-corrected chi connectivity index (χ2v) is 6.74. The second kappa shape index (κ2) is 6.58. The van der Waals surface area contributed by atoms with Crippen LogP contribution in [-0.4, -0.2) is 35.0 Å². The number of halogens is 1. The van der Waals surface area contributed by atoms with Crippen molar-refractivity contribution in [3.8, 4) is 5.19 Å². The summed E-state index contributed by atoms with van der Waals surface area (Å²) in [6, 6.07) is 7.87. The van der Waals surface area contributed by atoms with E-state index in [-0.39, 0.29) is 12.0 Å². The number of rotatable bonds is 4. The third-order valence-electron chi connectivity index (χ3n) is 3.44. The molecule has 1 atom stereocenters. The molecule has 3 rings (SSSR count). The Morgan fingerprint density at radius 1 is 1.43 bits per heavy atom. The molecule has 1 aliphatic heterocycles. The minimum atomic E-state index is 0.0602. The third kappa shape index (κ3) is 3.83. The molecule has 0 bridgehead atoms. The Bertz CT molecular complexity index is 601. The van der Waals surface area contributed by atoms with Crippen LogP contribution in [0.5, 0.6) is 5.19 Å². The van der Waals surface area contributed by atoms with Crippen LogP contribution in [0.1, 0.15) is 12.0 Å². The Morgan fingerprint density at radius 3 is 2.95 bits per heavy atom. The number of benzene rings is 1. The lowest BCUT2D eigenvalue weighted by atomic mass is 10.1. The maximum absolute atomic E-state index is 12.3. The minimum Gasteiger partial charge on any atom is -0.465 e. The summed E-state index contributed by atoms with van der Waals surface area (Å²) in [7, 11) is 0. The maximum Gasteiger partial charge on any atom is 0.273 e. The van der Waals surface area contributed by atoms with E-state index in [1.165, 1.54) is 11.3 Å². The molecule has 1 fully saturated rings. The molecule has 0 aliphatic carbocycles. The number of likely N-dealkylation sites (tertiary alicyclic amines) is 1. The van der Waals surface area contributed by atoms with Gasteiger partial charge in [-0.15, -0.1) is 0 Å². The van der Waals surface area contributed by atoms with Gasteiger partial charge >= 0.3 is 0 Å². The number of carbonyl (C=O) groups excluding carboxylic acids is 1. The highest BCUT2D eigenvalue weighted by atomic mass is 79.9. The van der Waals surface area contributed by atoms with Crippen molar-refractivity contribution in [3.63, 3.8) is 0 Å².